The summed E-state index contributed by atoms with van der Waals surface area (Å²) in [6, 6.07) is 7.40. The summed E-state index contributed by atoms with van der Waals surface area (Å²) in [4.78, 5) is 23.3. The normalized spacial score (nSPS) is 10.1. The van der Waals surface area contributed by atoms with Gasteiger partial charge in [-0.15, -0.1) is 0 Å². The summed E-state index contributed by atoms with van der Waals surface area (Å²) in [7, 11) is 4.35. The number of hydrogen-bond acceptors (Lipinski definition) is 8. The van der Waals surface area contributed by atoms with Gasteiger partial charge in [0.15, 0.2) is 11.5 Å². The van der Waals surface area contributed by atoms with Crippen molar-refractivity contribution in [2.45, 2.75) is 13.5 Å². The molecule has 0 amide bonds. The summed E-state index contributed by atoms with van der Waals surface area (Å²) in [5, 5.41) is 11.4. The van der Waals surface area contributed by atoms with Crippen LogP contribution in [0.4, 0.5) is 5.69 Å². The lowest BCUT2D eigenvalue weighted by Crippen LogP contribution is -2.10. The molecule has 0 N–H and O–H groups in total. The van der Waals surface area contributed by atoms with Crippen LogP contribution in [0.25, 0.3) is 0 Å². The van der Waals surface area contributed by atoms with E-state index in [-0.39, 0.29) is 23.7 Å². The Balaban J connectivity index is 2.33. The number of rotatable bonds is 9. The third-order valence-electron chi connectivity index (χ3n) is 3.84. The van der Waals surface area contributed by atoms with Crippen LogP contribution in [0.3, 0.4) is 0 Å². The minimum Gasteiger partial charge on any atom is -0.497 e. The van der Waals surface area contributed by atoms with Crippen molar-refractivity contribution < 1.29 is 33.4 Å². The van der Waals surface area contributed by atoms with Crippen LogP contribution >= 0.6 is 0 Å². The maximum absolute atomic E-state index is 12.6. The third kappa shape index (κ3) is 4.61. The highest BCUT2D eigenvalue weighted by molar-refractivity contribution is 5.95. The van der Waals surface area contributed by atoms with E-state index in [1.54, 1.807) is 25.1 Å². The lowest BCUT2D eigenvalue weighted by molar-refractivity contribution is -0.385. The fraction of sp³-hybridized carbons (Fsp3) is 0.316. The van der Waals surface area contributed by atoms with E-state index in [2.05, 4.69) is 0 Å². The Morgan fingerprint density at radius 1 is 1.00 bits per heavy atom. The van der Waals surface area contributed by atoms with Crippen LogP contribution in [0.15, 0.2) is 30.3 Å². The standard InChI is InChI=1S/C19H21NO8/c1-5-27-18-9-14(15(20(22)23)10-17(18)26-4)19(21)28-11-12-8-13(24-2)6-7-16(12)25-3/h6-10H,5,11H2,1-4H3. The molecule has 9 heteroatoms. The lowest BCUT2D eigenvalue weighted by Gasteiger charge is -2.13. The Hall–Kier alpha value is -3.49. The Labute approximate surface area is 161 Å². The van der Waals surface area contributed by atoms with Crippen LogP contribution in [-0.4, -0.2) is 38.8 Å². The largest absolute Gasteiger partial charge is 0.497 e. The Morgan fingerprint density at radius 3 is 2.29 bits per heavy atom. The molecule has 2 aromatic carbocycles. The van der Waals surface area contributed by atoms with E-state index in [0.29, 0.717) is 23.7 Å². The molecule has 0 fully saturated rings. The van der Waals surface area contributed by atoms with Gasteiger partial charge in [-0.3, -0.25) is 10.1 Å². The van der Waals surface area contributed by atoms with Gasteiger partial charge in [-0.1, -0.05) is 0 Å². The summed E-state index contributed by atoms with van der Waals surface area (Å²) < 4.78 is 26.1. The SMILES string of the molecule is CCOc1cc(C(=O)OCc2cc(OC)ccc2OC)c([N+](=O)[O-])cc1OC. The monoisotopic (exact) mass is 391 g/mol. The molecule has 0 saturated carbocycles. The molecule has 0 bridgehead atoms. The second kappa shape index (κ2) is 9.45. The van der Waals surface area contributed by atoms with Crippen molar-refractivity contribution >= 4 is 11.7 Å². The first-order valence-corrected chi connectivity index (χ1v) is 8.32. The van der Waals surface area contributed by atoms with Crippen molar-refractivity contribution in [2.24, 2.45) is 0 Å². The molecule has 0 heterocycles. The number of nitro benzene ring substituents is 1. The molecule has 2 rings (SSSR count). The van der Waals surface area contributed by atoms with Crippen LogP contribution < -0.4 is 18.9 Å². The number of carbonyl (C=O) groups excluding carboxylic acids is 1. The van der Waals surface area contributed by atoms with Crippen LogP contribution in [0.5, 0.6) is 23.0 Å². The van der Waals surface area contributed by atoms with E-state index in [0.717, 1.165) is 6.07 Å². The van der Waals surface area contributed by atoms with Gasteiger partial charge in [0.1, 0.15) is 23.7 Å². The molecule has 0 aromatic heterocycles. The van der Waals surface area contributed by atoms with E-state index >= 15 is 0 Å². The van der Waals surface area contributed by atoms with Crippen LogP contribution in [0.2, 0.25) is 0 Å². The van der Waals surface area contributed by atoms with Crippen molar-refractivity contribution in [3.63, 3.8) is 0 Å². The smallest absolute Gasteiger partial charge is 0.345 e. The minimum atomic E-state index is -0.875. The average molecular weight is 391 g/mol. The summed E-state index contributed by atoms with van der Waals surface area (Å²) in [6.07, 6.45) is 0. The van der Waals surface area contributed by atoms with E-state index in [1.165, 1.54) is 27.4 Å². The number of ether oxygens (including phenoxy) is 5. The molecule has 28 heavy (non-hydrogen) atoms. The fourth-order valence-electron chi connectivity index (χ4n) is 2.51. The van der Waals surface area contributed by atoms with Gasteiger partial charge in [0.05, 0.1) is 38.9 Å². The molecule has 0 saturated heterocycles. The summed E-state index contributed by atoms with van der Waals surface area (Å²) in [5.74, 6) is 0.537. The quantitative estimate of drug-likeness (QED) is 0.364. The predicted octanol–water partition coefficient (Wildman–Crippen LogP) is 3.38. The Kier molecular flexibility index (Phi) is 7.02. The molecule has 0 aliphatic heterocycles. The highest BCUT2D eigenvalue weighted by Gasteiger charge is 2.26. The second-order valence-electron chi connectivity index (χ2n) is 5.46. The van der Waals surface area contributed by atoms with Gasteiger partial charge in [0.2, 0.25) is 0 Å². The van der Waals surface area contributed by atoms with Gasteiger partial charge in [-0.2, -0.15) is 0 Å². The van der Waals surface area contributed by atoms with E-state index in [1.807, 2.05) is 0 Å². The number of methoxy groups -OCH3 is 3. The number of esters is 1. The molecule has 0 radical (unpaired) electrons. The van der Waals surface area contributed by atoms with Crippen LogP contribution in [-0.2, 0) is 11.3 Å². The first-order valence-electron chi connectivity index (χ1n) is 8.32. The first kappa shape index (κ1) is 20.8. The third-order valence-corrected chi connectivity index (χ3v) is 3.84. The van der Waals surface area contributed by atoms with Crippen molar-refractivity contribution in [1.82, 2.24) is 0 Å². The van der Waals surface area contributed by atoms with Crippen LogP contribution in [0.1, 0.15) is 22.8 Å². The maximum atomic E-state index is 12.6. The molecular formula is C19H21NO8. The zero-order chi connectivity index (χ0) is 20.7. The van der Waals surface area contributed by atoms with Crippen molar-refractivity contribution in [1.29, 1.82) is 0 Å². The number of nitro groups is 1. The average Bonchev–Trinajstić information content (AvgIpc) is 2.71. The zero-order valence-corrected chi connectivity index (χ0v) is 16.0. The lowest BCUT2D eigenvalue weighted by atomic mass is 10.1. The van der Waals surface area contributed by atoms with E-state index in [4.69, 9.17) is 23.7 Å². The van der Waals surface area contributed by atoms with Gasteiger partial charge in [0.25, 0.3) is 5.69 Å². The van der Waals surface area contributed by atoms with E-state index < -0.39 is 16.6 Å². The molecular weight excluding hydrogens is 370 g/mol. The number of benzene rings is 2. The van der Waals surface area contributed by atoms with E-state index in [9.17, 15) is 14.9 Å². The van der Waals surface area contributed by atoms with Gasteiger partial charge < -0.3 is 23.7 Å². The minimum absolute atomic E-state index is 0.152. The van der Waals surface area contributed by atoms with Gasteiger partial charge in [-0.25, -0.2) is 4.79 Å². The van der Waals surface area contributed by atoms with Crippen molar-refractivity contribution in [3.05, 3.63) is 51.6 Å². The van der Waals surface area contributed by atoms with Gasteiger partial charge >= 0.3 is 5.97 Å². The highest BCUT2D eigenvalue weighted by Crippen LogP contribution is 2.35. The molecule has 9 nitrogen and oxygen atoms in total. The second-order valence-corrected chi connectivity index (χ2v) is 5.46. The molecule has 0 unspecified atom stereocenters. The molecule has 2 aromatic rings. The highest BCUT2D eigenvalue weighted by atomic mass is 16.6. The summed E-state index contributed by atoms with van der Waals surface area (Å²) >= 11 is 0. The molecule has 150 valence electrons. The van der Waals surface area contributed by atoms with Gasteiger partial charge in [-0.05, 0) is 25.1 Å². The molecule has 0 aliphatic rings. The number of hydrogen-bond donors (Lipinski definition) is 0. The zero-order valence-electron chi connectivity index (χ0n) is 16.0. The Morgan fingerprint density at radius 2 is 1.71 bits per heavy atom. The maximum Gasteiger partial charge on any atom is 0.345 e. The summed E-state index contributed by atoms with van der Waals surface area (Å²) in [5.41, 5.74) is -0.129. The first-order chi connectivity index (χ1) is 13.4. The molecule has 0 atom stereocenters. The number of carbonyl (C=O) groups is 1. The van der Waals surface area contributed by atoms with Crippen LogP contribution in [0, 0.1) is 10.1 Å². The van der Waals surface area contributed by atoms with Gasteiger partial charge in [0, 0.05) is 11.6 Å². The predicted molar refractivity (Wildman–Crippen MR) is 99.5 cm³/mol. The fourth-order valence-corrected chi connectivity index (χ4v) is 2.51. The molecule has 0 aliphatic carbocycles. The van der Waals surface area contributed by atoms with Crippen molar-refractivity contribution in [3.8, 4) is 23.0 Å². The topological polar surface area (TPSA) is 106 Å². The number of nitrogens with zero attached hydrogens (tertiary/aromatic N) is 1. The summed E-state index contributed by atoms with van der Waals surface area (Å²) in [6.45, 7) is 1.88. The van der Waals surface area contributed by atoms with Crippen molar-refractivity contribution in [2.75, 3.05) is 27.9 Å². The molecule has 0 spiro atoms. The Bertz CT molecular complexity index is 865.